The molecular weight excluding hydrogens is 348 g/mol. The molecule has 0 aliphatic carbocycles. The number of anilines is 1. The lowest BCUT2D eigenvalue weighted by Crippen LogP contribution is -2.43. The van der Waals surface area contributed by atoms with Crippen LogP contribution in [0.5, 0.6) is 0 Å². The van der Waals surface area contributed by atoms with Crippen LogP contribution in [0.25, 0.3) is 10.9 Å². The van der Waals surface area contributed by atoms with Crippen LogP contribution in [0.15, 0.2) is 59.6 Å². The molecule has 1 fully saturated rings. The van der Waals surface area contributed by atoms with Crippen molar-refractivity contribution in [3.63, 3.8) is 0 Å². The van der Waals surface area contributed by atoms with Crippen molar-refractivity contribution in [3.8, 4) is 6.07 Å². The van der Waals surface area contributed by atoms with Crippen LogP contribution in [0.2, 0.25) is 0 Å². The second kappa shape index (κ2) is 6.48. The second-order valence-electron chi connectivity index (χ2n) is 6.17. The van der Waals surface area contributed by atoms with Crippen LogP contribution in [-0.4, -0.2) is 38.6 Å². The van der Waals surface area contributed by atoms with Crippen molar-refractivity contribution in [3.05, 3.63) is 60.3 Å². The minimum atomic E-state index is -3.85. The Bertz CT molecular complexity index is 1110. The summed E-state index contributed by atoms with van der Waals surface area (Å²) >= 11 is 0. The molecule has 0 spiro atoms. The molecule has 7 heteroatoms. The minimum Gasteiger partial charge on any atom is -0.368 e. The molecule has 3 aromatic rings. The average Bonchev–Trinajstić information content (AvgIpc) is 3.13. The number of aromatic nitrogens is 1. The Morgan fingerprint density at radius 1 is 1.00 bits per heavy atom. The van der Waals surface area contributed by atoms with Crippen LogP contribution in [0.4, 0.5) is 5.69 Å². The molecule has 1 saturated heterocycles. The summed E-state index contributed by atoms with van der Waals surface area (Å²) in [5, 5.41) is 13.5. The van der Waals surface area contributed by atoms with Gasteiger partial charge in [0.25, 0.3) is 10.0 Å². The number of hydrogen-bond acceptors (Lipinski definition) is 5. The molecule has 1 N–H and O–H groups in total. The minimum absolute atomic E-state index is 0.0209. The Morgan fingerprint density at radius 2 is 1.77 bits per heavy atom. The van der Waals surface area contributed by atoms with E-state index in [-0.39, 0.29) is 10.5 Å². The number of rotatable bonds is 3. The zero-order valence-corrected chi connectivity index (χ0v) is 14.9. The third kappa shape index (κ3) is 2.64. The average molecular weight is 366 g/mol. The molecule has 0 unspecified atom stereocenters. The zero-order valence-electron chi connectivity index (χ0n) is 14.1. The van der Waals surface area contributed by atoms with Gasteiger partial charge >= 0.3 is 0 Å². The van der Waals surface area contributed by atoms with E-state index in [0.29, 0.717) is 5.52 Å². The van der Waals surface area contributed by atoms with E-state index < -0.39 is 10.0 Å². The Labute approximate surface area is 152 Å². The monoisotopic (exact) mass is 366 g/mol. The van der Waals surface area contributed by atoms with Crippen molar-refractivity contribution < 1.29 is 8.42 Å². The molecule has 6 nitrogen and oxygen atoms in total. The van der Waals surface area contributed by atoms with Crippen molar-refractivity contribution in [1.82, 2.24) is 9.29 Å². The smallest absolute Gasteiger partial charge is 0.269 e. The van der Waals surface area contributed by atoms with E-state index >= 15 is 0 Å². The lowest BCUT2D eigenvalue weighted by atomic mass is 10.2. The summed E-state index contributed by atoms with van der Waals surface area (Å²) in [5.74, 6) is 0. The molecule has 0 radical (unpaired) electrons. The number of nitrogens with zero attached hydrogens (tertiary/aromatic N) is 3. The fraction of sp³-hybridized carbons (Fsp3) is 0.211. The highest BCUT2D eigenvalue weighted by Crippen LogP contribution is 2.31. The molecule has 0 saturated carbocycles. The van der Waals surface area contributed by atoms with Crippen molar-refractivity contribution in [2.45, 2.75) is 4.90 Å². The molecule has 0 amide bonds. The van der Waals surface area contributed by atoms with E-state index in [1.54, 1.807) is 24.4 Å². The number of fused-ring (bicyclic) bond motifs is 1. The highest BCUT2D eigenvalue weighted by Gasteiger charge is 2.23. The van der Waals surface area contributed by atoms with Crippen LogP contribution < -0.4 is 10.2 Å². The van der Waals surface area contributed by atoms with Gasteiger partial charge in [-0.25, -0.2) is 12.4 Å². The number of nitrogens with one attached hydrogen (secondary N) is 1. The molecular formula is C19H18N4O2S. The van der Waals surface area contributed by atoms with E-state index in [1.807, 2.05) is 24.3 Å². The summed E-state index contributed by atoms with van der Waals surface area (Å²) in [5.41, 5.74) is 1.80. The third-order valence-electron chi connectivity index (χ3n) is 4.68. The van der Waals surface area contributed by atoms with Gasteiger partial charge in [0.2, 0.25) is 0 Å². The Hall–Kier alpha value is -2.82. The SMILES string of the molecule is N#Cc1ccccc1S(=O)(=O)n1ccc2c(N3CCNCC3)cccc21. The van der Waals surface area contributed by atoms with E-state index in [0.717, 1.165) is 37.3 Å². The second-order valence-corrected chi connectivity index (χ2v) is 7.95. The van der Waals surface area contributed by atoms with Crippen LogP contribution in [-0.2, 0) is 10.0 Å². The molecule has 26 heavy (non-hydrogen) atoms. The Balaban J connectivity index is 1.87. The third-order valence-corrected chi connectivity index (χ3v) is 6.42. The van der Waals surface area contributed by atoms with Crippen molar-refractivity contribution >= 4 is 26.6 Å². The molecule has 4 rings (SSSR count). The summed E-state index contributed by atoms with van der Waals surface area (Å²) in [7, 11) is -3.85. The summed E-state index contributed by atoms with van der Waals surface area (Å²) in [4.78, 5) is 2.28. The van der Waals surface area contributed by atoms with Crippen LogP contribution >= 0.6 is 0 Å². The summed E-state index contributed by atoms with van der Waals surface area (Å²) in [6, 6.07) is 15.8. The van der Waals surface area contributed by atoms with Crippen molar-refractivity contribution in [2.75, 3.05) is 31.1 Å². The quantitative estimate of drug-likeness (QED) is 0.769. The maximum absolute atomic E-state index is 13.2. The molecule has 2 aromatic carbocycles. The lowest BCUT2D eigenvalue weighted by Gasteiger charge is -2.30. The molecule has 1 aliphatic rings. The van der Waals surface area contributed by atoms with E-state index in [4.69, 9.17) is 0 Å². The van der Waals surface area contributed by atoms with Gasteiger partial charge in [0.15, 0.2) is 0 Å². The fourth-order valence-corrected chi connectivity index (χ4v) is 4.90. The largest absolute Gasteiger partial charge is 0.368 e. The van der Waals surface area contributed by atoms with Gasteiger partial charge in [0, 0.05) is 43.4 Å². The molecule has 1 aromatic heterocycles. The van der Waals surface area contributed by atoms with Crippen molar-refractivity contribution in [1.29, 1.82) is 5.26 Å². The van der Waals surface area contributed by atoms with Crippen LogP contribution in [0, 0.1) is 11.3 Å². The summed E-state index contributed by atoms with van der Waals surface area (Å²) < 4.78 is 27.6. The van der Waals surface area contributed by atoms with Crippen LogP contribution in [0.3, 0.4) is 0 Å². The Morgan fingerprint density at radius 3 is 2.54 bits per heavy atom. The maximum Gasteiger partial charge on any atom is 0.269 e. The predicted octanol–water partition coefficient (Wildman–Crippen LogP) is 2.16. The summed E-state index contributed by atoms with van der Waals surface area (Å²) in [6.07, 6.45) is 1.57. The van der Waals surface area contributed by atoms with Crippen LogP contribution in [0.1, 0.15) is 5.56 Å². The first-order valence-electron chi connectivity index (χ1n) is 8.43. The van der Waals surface area contributed by atoms with Gasteiger partial charge < -0.3 is 10.2 Å². The molecule has 0 bridgehead atoms. The normalized spacial score (nSPS) is 15.1. The van der Waals surface area contributed by atoms with Gasteiger partial charge in [-0.15, -0.1) is 0 Å². The van der Waals surface area contributed by atoms with Crippen molar-refractivity contribution in [2.24, 2.45) is 0 Å². The topological polar surface area (TPSA) is 78.1 Å². The fourth-order valence-electron chi connectivity index (χ4n) is 3.41. The summed E-state index contributed by atoms with van der Waals surface area (Å²) in [6.45, 7) is 3.58. The van der Waals surface area contributed by atoms with Gasteiger partial charge in [-0.05, 0) is 30.3 Å². The molecule has 2 heterocycles. The first-order valence-corrected chi connectivity index (χ1v) is 9.87. The van der Waals surface area contributed by atoms with Gasteiger partial charge in [-0.2, -0.15) is 5.26 Å². The first kappa shape index (κ1) is 16.6. The van der Waals surface area contributed by atoms with Gasteiger partial charge in [0.1, 0.15) is 11.0 Å². The molecule has 132 valence electrons. The highest BCUT2D eigenvalue weighted by atomic mass is 32.2. The lowest BCUT2D eigenvalue weighted by molar-refractivity contribution is 0.588. The molecule has 1 aliphatic heterocycles. The number of benzene rings is 2. The number of nitriles is 1. The highest BCUT2D eigenvalue weighted by molar-refractivity contribution is 7.90. The van der Waals surface area contributed by atoms with Gasteiger partial charge in [-0.1, -0.05) is 18.2 Å². The maximum atomic E-state index is 13.2. The number of hydrogen-bond donors (Lipinski definition) is 1. The predicted molar refractivity (Wildman–Crippen MR) is 101 cm³/mol. The van der Waals surface area contributed by atoms with Gasteiger partial charge in [0.05, 0.1) is 11.1 Å². The van der Waals surface area contributed by atoms with E-state index in [9.17, 15) is 13.7 Å². The Kier molecular flexibility index (Phi) is 4.15. The zero-order chi connectivity index (χ0) is 18.1. The molecule has 0 atom stereocenters. The van der Waals surface area contributed by atoms with Gasteiger partial charge in [-0.3, -0.25) is 0 Å². The standard InChI is InChI=1S/C19H18N4O2S/c20-14-15-4-1-2-7-19(15)26(24,25)23-11-8-16-17(5-3-6-18(16)23)22-12-9-21-10-13-22/h1-8,11,21H,9-10,12-13H2. The first-order chi connectivity index (χ1) is 12.6. The van der Waals surface area contributed by atoms with E-state index in [2.05, 4.69) is 10.2 Å². The van der Waals surface area contributed by atoms with E-state index in [1.165, 1.54) is 16.1 Å². The number of piperazine rings is 1.